The topological polar surface area (TPSA) is 60.2 Å². The van der Waals surface area contributed by atoms with E-state index in [9.17, 15) is 18.3 Å². The number of amidine groups is 1. The summed E-state index contributed by atoms with van der Waals surface area (Å²) in [6, 6.07) is 14.9. The van der Waals surface area contributed by atoms with Crippen molar-refractivity contribution in [3.05, 3.63) is 81.9 Å². The highest BCUT2D eigenvalue weighted by molar-refractivity contribution is 7.11. The number of thiazole rings is 1. The van der Waals surface area contributed by atoms with E-state index in [2.05, 4.69) is 4.98 Å². The van der Waals surface area contributed by atoms with Gasteiger partial charge in [0, 0.05) is 17.5 Å². The van der Waals surface area contributed by atoms with Crippen LogP contribution in [0.2, 0.25) is 0 Å². The van der Waals surface area contributed by atoms with Crippen molar-refractivity contribution in [1.29, 1.82) is 5.41 Å². The lowest BCUT2D eigenvalue weighted by Crippen LogP contribution is -2.28. The minimum Gasteiger partial charge on any atom is -0.510 e. The van der Waals surface area contributed by atoms with Crippen molar-refractivity contribution in [3.63, 3.8) is 0 Å². The highest BCUT2D eigenvalue weighted by Crippen LogP contribution is 2.35. The fourth-order valence-electron chi connectivity index (χ4n) is 3.33. The van der Waals surface area contributed by atoms with E-state index >= 15 is 0 Å². The van der Waals surface area contributed by atoms with Gasteiger partial charge in [0.15, 0.2) is 0 Å². The van der Waals surface area contributed by atoms with Crippen molar-refractivity contribution in [2.45, 2.75) is 12.6 Å². The van der Waals surface area contributed by atoms with Crippen LogP contribution in [0, 0.1) is 5.41 Å². The Kier molecular flexibility index (Phi) is 5.34. The molecule has 0 aliphatic carbocycles. The van der Waals surface area contributed by atoms with Gasteiger partial charge in [-0.05, 0) is 24.1 Å². The van der Waals surface area contributed by atoms with E-state index in [1.807, 2.05) is 30.3 Å². The maximum atomic E-state index is 13.0. The largest absolute Gasteiger partial charge is 0.510 e. The Balaban J connectivity index is 1.52. The smallest absolute Gasteiger partial charge is 0.416 e. The second-order valence-corrected chi connectivity index (χ2v) is 7.80. The first-order valence-electron chi connectivity index (χ1n) is 9.26. The molecule has 30 heavy (non-hydrogen) atoms. The lowest BCUT2D eigenvalue weighted by atomic mass is 10.1. The summed E-state index contributed by atoms with van der Waals surface area (Å²) in [6.45, 7) is 0.793. The van der Waals surface area contributed by atoms with E-state index in [0.29, 0.717) is 28.4 Å². The van der Waals surface area contributed by atoms with Crippen LogP contribution in [0.4, 0.5) is 13.2 Å². The first-order chi connectivity index (χ1) is 14.3. The predicted octanol–water partition coefficient (Wildman–Crippen LogP) is 5.63. The summed E-state index contributed by atoms with van der Waals surface area (Å²) in [7, 11) is 0. The normalized spacial score (nSPS) is 14.6. The van der Waals surface area contributed by atoms with Crippen LogP contribution < -0.4 is 0 Å². The molecular formula is C22H18F3N3OS. The number of nitrogens with zero attached hydrogens (tertiary/aromatic N) is 2. The monoisotopic (exact) mass is 429 g/mol. The lowest BCUT2D eigenvalue weighted by Gasteiger charge is -2.18. The van der Waals surface area contributed by atoms with Crippen molar-refractivity contribution >= 4 is 22.7 Å². The molecule has 0 spiro atoms. The standard InChI is InChI=1S/C22H18F3N3OS/c23-22(24,25)16-8-4-7-15(11-16)17-13-30-21(27-17)19-18(29)12-28(20(19)26)10-9-14-5-2-1-3-6-14/h1-8,11,13,26,29H,9-10,12H2. The maximum Gasteiger partial charge on any atom is 0.416 e. The number of rotatable bonds is 5. The molecule has 0 atom stereocenters. The predicted molar refractivity (Wildman–Crippen MR) is 112 cm³/mol. The molecule has 1 aliphatic rings. The zero-order valence-electron chi connectivity index (χ0n) is 15.8. The molecule has 0 bridgehead atoms. The highest BCUT2D eigenvalue weighted by atomic mass is 32.1. The third-order valence-corrected chi connectivity index (χ3v) is 5.76. The van der Waals surface area contributed by atoms with Gasteiger partial charge >= 0.3 is 6.18 Å². The summed E-state index contributed by atoms with van der Waals surface area (Å²) >= 11 is 1.20. The lowest BCUT2D eigenvalue weighted by molar-refractivity contribution is -0.137. The molecule has 8 heteroatoms. The van der Waals surface area contributed by atoms with Gasteiger partial charge in [0.05, 0.1) is 23.4 Å². The Bertz CT molecular complexity index is 1110. The van der Waals surface area contributed by atoms with Crippen molar-refractivity contribution in [3.8, 4) is 11.3 Å². The Morgan fingerprint density at radius 2 is 1.87 bits per heavy atom. The summed E-state index contributed by atoms with van der Waals surface area (Å²) in [6.07, 6.45) is -3.69. The van der Waals surface area contributed by atoms with Crippen LogP contribution in [0.1, 0.15) is 16.1 Å². The molecule has 0 radical (unpaired) electrons. The van der Waals surface area contributed by atoms with E-state index in [0.717, 1.165) is 24.1 Å². The number of aliphatic hydroxyl groups is 1. The number of aromatic nitrogens is 1. The van der Waals surface area contributed by atoms with Crippen LogP contribution >= 0.6 is 11.3 Å². The molecule has 0 fully saturated rings. The summed E-state index contributed by atoms with van der Waals surface area (Å²) in [4.78, 5) is 6.17. The summed E-state index contributed by atoms with van der Waals surface area (Å²) in [5.41, 5.74) is 1.47. The van der Waals surface area contributed by atoms with Gasteiger partial charge in [0.25, 0.3) is 0 Å². The molecular weight excluding hydrogens is 411 g/mol. The second kappa shape index (κ2) is 7.95. The summed E-state index contributed by atoms with van der Waals surface area (Å²) < 4.78 is 38.9. The molecule has 0 saturated carbocycles. The van der Waals surface area contributed by atoms with Gasteiger partial charge in [-0.25, -0.2) is 4.98 Å². The molecule has 2 N–H and O–H groups in total. The minimum absolute atomic E-state index is 0.0537. The van der Waals surface area contributed by atoms with Crippen molar-refractivity contribution in [1.82, 2.24) is 9.88 Å². The van der Waals surface area contributed by atoms with Crippen molar-refractivity contribution in [2.75, 3.05) is 13.1 Å². The zero-order chi connectivity index (χ0) is 21.3. The first kappa shape index (κ1) is 20.2. The van der Waals surface area contributed by atoms with E-state index in [-0.39, 0.29) is 18.1 Å². The Morgan fingerprint density at radius 3 is 2.60 bits per heavy atom. The van der Waals surface area contributed by atoms with Gasteiger partial charge in [-0.2, -0.15) is 13.2 Å². The molecule has 3 aromatic rings. The van der Waals surface area contributed by atoms with Crippen LogP contribution in [0.3, 0.4) is 0 Å². The third kappa shape index (κ3) is 4.09. The zero-order valence-corrected chi connectivity index (χ0v) is 16.6. The number of alkyl halides is 3. The molecule has 1 aromatic heterocycles. The molecule has 0 saturated heterocycles. The number of aliphatic hydroxyl groups excluding tert-OH is 1. The van der Waals surface area contributed by atoms with E-state index in [1.54, 1.807) is 16.3 Å². The van der Waals surface area contributed by atoms with Crippen molar-refractivity contribution < 1.29 is 18.3 Å². The fraction of sp³-hybridized carbons (Fsp3) is 0.182. The van der Waals surface area contributed by atoms with Gasteiger partial charge in [-0.1, -0.05) is 42.5 Å². The van der Waals surface area contributed by atoms with Gasteiger partial charge in [0.1, 0.15) is 16.6 Å². The molecule has 0 amide bonds. The van der Waals surface area contributed by atoms with Gasteiger partial charge in [-0.15, -0.1) is 11.3 Å². The van der Waals surface area contributed by atoms with Gasteiger partial charge in [-0.3, -0.25) is 5.41 Å². The van der Waals surface area contributed by atoms with Gasteiger partial charge < -0.3 is 10.0 Å². The number of benzene rings is 2. The minimum atomic E-state index is -4.43. The van der Waals surface area contributed by atoms with Gasteiger partial charge in [0.2, 0.25) is 0 Å². The molecule has 0 unspecified atom stereocenters. The fourth-order valence-corrected chi connectivity index (χ4v) is 4.23. The average molecular weight is 429 g/mol. The van der Waals surface area contributed by atoms with Crippen LogP contribution in [0.5, 0.6) is 0 Å². The van der Waals surface area contributed by atoms with E-state index in [4.69, 9.17) is 5.41 Å². The van der Waals surface area contributed by atoms with Crippen molar-refractivity contribution in [2.24, 2.45) is 0 Å². The van der Waals surface area contributed by atoms with E-state index < -0.39 is 11.7 Å². The quantitative estimate of drug-likeness (QED) is 0.552. The van der Waals surface area contributed by atoms with Crippen LogP contribution in [0.25, 0.3) is 16.8 Å². The third-order valence-electron chi connectivity index (χ3n) is 4.90. The van der Waals surface area contributed by atoms with Crippen LogP contribution in [-0.4, -0.2) is 33.9 Å². The molecule has 4 rings (SSSR count). The Morgan fingerprint density at radius 1 is 1.10 bits per heavy atom. The Hall–Kier alpha value is -3.13. The number of halogens is 3. The molecule has 1 aliphatic heterocycles. The highest BCUT2D eigenvalue weighted by Gasteiger charge is 2.32. The second-order valence-electron chi connectivity index (χ2n) is 6.94. The molecule has 154 valence electrons. The molecule has 4 nitrogen and oxygen atoms in total. The maximum absolute atomic E-state index is 13.0. The SMILES string of the molecule is N=C1C(c2nc(-c3cccc(C(F)(F)F)c3)cs2)=C(O)CN1CCc1ccccc1. The Labute approximate surface area is 175 Å². The average Bonchev–Trinajstić information content (AvgIpc) is 3.31. The number of hydrogen-bond acceptors (Lipinski definition) is 4. The molecule has 2 heterocycles. The summed E-state index contributed by atoms with van der Waals surface area (Å²) in [5, 5.41) is 20.9. The van der Waals surface area contributed by atoms with E-state index in [1.165, 1.54) is 17.4 Å². The number of nitrogens with one attached hydrogen (secondary N) is 1. The molecule has 2 aromatic carbocycles. The first-order valence-corrected chi connectivity index (χ1v) is 10.1. The number of hydrogen-bond donors (Lipinski definition) is 2. The summed E-state index contributed by atoms with van der Waals surface area (Å²) in [5.74, 6) is 0.228. The van der Waals surface area contributed by atoms with Crippen LogP contribution in [-0.2, 0) is 12.6 Å². The van der Waals surface area contributed by atoms with Crippen LogP contribution in [0.15, 0.2) is 65.7 Å².